The number of hydrogen-bond donors (Lipinski definition) is 0. The van der Waals surface area contributed by atoms with Crippen molar-refractivity contribution in [2.45, 2.75) is 92.2 Å². The summed E-state index contributed by atoms with van der Waals surface area (Å²) in [5.74, 6) is 0.605. The summed E-state index contributed by atoms with van der Waals surface area (Å²) in [4.78, 5) is 32.3. The highest BCUT2D eigenvalue weighted by molar-refractivity contribution is 6.29. The molecule has 248 valence electrons. The molecule has 0 aliphatic heterocycles. The molecule has 2 fully saturated rings. The lowest BCUT2D eigenvalue weighted by Crippen LogP contribution is -2.29. The van der Waals surface area contributed by atoms with Gasteiger partial charge in [0.1, 0.15) is 0 Å². The van der Waals surface area contributed by atoms with Crippen LogP contribution in [0.4, 0.5) is 0 Å². The zero-order valence-corrected chi connectivity index (χ0v) is 29.7. The number of hydrogen-bond acceptors (Lipinski definition) is 6. The Hall–Kier alpha value is -3.10. The van der Waals surface area contributed by atoms with Gasteiger partial charge >= 0.3 is 11.9 Å². The molecule has 0 radical (unpaired) electrons. The highest BCUT2D eigenvalue weighted by Crippen LogP contribution is 2.47. The first kappa shape index (κ1) is 34.2. The van der Waals surface area contributed by atoms with E-state index < -0.39 is 0 Å². The van der Waals surface area contributed by atoms with Gasteiger partial charge in [0.25, 0.3) is 0 Å². The number of nitrogens with zero attached hydrogens (tertiary/aromatic N) is 4. The maximum absolute atomic E-state index is 11.7. The van der Waals surface area contributed by atoms with E-state index in [1.807, 2.05) is 12.1 Å². The predicted octanol–water partition coefficient (Wildman–Crippen LogP) is 9.73. The molecule has 2 saturated carbocycles. The van der Waals surface area contributed by atoms with Crippen molar-refractivity contribution in [2.24, 2.45) is 22.7 Å². The molecule has 0 N–H and O–H groups in total. The molecule has 0 spiro atoms. The summed E-state index contributed by atoms with van der Waals surface area (Å²) < 4.78 is 13.8. The number of esters is 2. The van der Waals surface area contributed by atoms with E-state index in [0.717, 1.165) is 47.8 Å². The van der Waals surface area contributed by atoms with Crippen molar-refractivity contribution < 1.29 is 19.1 Å². The lowest BCUT2D eigenvalue weighted by molar-refractivity contribution is 0.0592. The molecular formula is C36H46Cl2N4O4. The van der Waals surface area contributed by atoms with Crippen LogP contribution >= 0.6 is 23.2 Å². The fraction of sp³-hybridized carbons (Fsp3) is 0.556. The second kappa shape index (κ2) is 13.2. The molecule has 2 heterocycles. The van der Waals surface area contributed by atoms with Crippen molar-refractivity contribution in [1.82, 2.24) is 19.1 Å². The Balaban J connectivity index is 0.000000181. The molecule has 0 saturated heterocycles. The van der Waals surface area contributed by atoms with Crippen LogP contribution in [-0.2, 0) is 9.47 Å². The highest BCUT2D eigenvalue weighted by Gasteiger charge is 2.35. The first-order valence-corrected chi connectivity index (χ1v) is 16.9. The Bertz CT molecular complexity index is 1630. The summed E-state index contributed by atoms with van der Waals surface area (Å²) in [7, 11) is 2.76. The fourth-order valence-electron chi connectivity index (χ4n) is 8.31. The SMILES string of the molecule is COC(=O)c1ccc2c(c1)nc(Cl)n2C1C[C@@H](C)CC(C)(C)C1.COC(=O)c1ccc2c(c1)nc(Cl)n2[C@@H]1C[C@H](C)CC(C)(C)C1. The largest absolute Gasteiger partial charge is 0.465 e. The zero-order chi connectivity index (χ0) is 33.6. The number of aromatic nitrogens is 4. The van der Waals surface area contributed by atoms with Crippen molar-refractivity contribution in [3.8, 4) is 0 Å². The first-order chi connectivity index (χ1) is 21.6. The number of carbonyl (C=O) groups excluding carboxylic acids is 2. The normalized spacial score (nSPS) is 23.9. The fourth-order valence-corrected chi connectivity index (χ4v) is 8.95. The van der Waals surface area contributed by atoms with Gasteiger partial charge in [0.05, 0.1) is 47.4 Å². The number of rotatable bonds is 4. The molecular weight excluding hydrogens is 623 g/mol. The second-order valence-corrected chi connectivity index (χ2v) is 15.7. The van der Waals surface area contributed by atoms with E-state index in [1.165, 1.54) is 27.1 Å². The summed E-state index contributed by atoms with van der Waals surface area (Å²) in [5, 5.41) is 0.994. The lowest BCUT2D eigenvalue weighted by Gasteiger charge is -2.39. The second-order valence-electron chi connectivity index (χ2n) is 15.0. The van der Waals surface area contributed by atoms with Gasteiger partial charge in [-0.3, -0.25) is 0 Å². The van der Waals surface area contributed by atoms with Gasteiger partial charge < -0.3 is 18.6 Å². The van der Waals surface area contributed by atoms with E-state index in [9.17, 15) is 9.59 Å². The minimum Gasteiger partial charge on any atom is -0.465 e. The third kappa shape index (κ3) is 7.23. The van der Waals surface area contributed by atoms with Crippen LogP contribution in [0.2, 0.25) is 10.6 Å². The van der Waals surface area contributed by atoms with Crippen LogP contribution in [0.25, 0.3) is 22.1 Å². The summed E-state index contributed by atoms with van der Waals surface area (Å²) >= 11 is 12.9. The smallest absolute Gasteiger partial charge is 0.337 e. The van der Waals surface area contributed by atoms with Gasteiger partial charge in [-0.25, -0.2) is 19.6 Å². The van der Waals surface area contributed by atoms with E-state index >= 15 is 0 Å². The average molecular weight is 670 g/mol. The van der Waals surface area contributed by atoms with Gasteiger partial charge in [0, 0.05) is 12.1 Å². The van der Waals surface area contributed by atoms with Crippen LogP contribution in [0.3, 0.4) is 0 Å². The Morgan fingerprint density at radius 2 is 1.07 bits per heavy atom. The minimum absolute atomic E-state index is 0.300. The Labute approximate surface area is 281 Å². The van der Waals surface area contributed by atoms with Gasteiger partial charge in [-0.1, -0.05) is 41.5 Å². The predicted molar refractivity (Wildman–Crippen MR) is 184 cm³/mol. The van der Waals surface area contributed by atoms with Gasteiger partial charge in [-0.15, -0.1) is 0 Å². The zero-order valence-electron chi connectivity index (χ0n) is 28.2. The van der Waals surface area contributed by atoms with Crippen molar-refractivity contribution in [3.63, 3.8) is 0 Å². The van der Waals surface area contributed by atoms with E-state index in [-0.39, 0.29) is 11.9 Å². The molecule has 4 atom stereocenters. The van der Waals surface area contributed by atoms with Gasteiger partial charge in [0.15, 0.2) is 0 Å². The highest BCUT2D eigenvalue weighted by atomic mass is 35.5. The molecule has 10 heteroatoms. The molecule has 0 amide bonds. The third-order valence-electron chi connectivity index (χ3n) is 9.59. The molecule has 46 heavy (non-hydrogen) atoms. The van der Waals surface area contributed by atoms with Crippen LogP contribution in [0, 0.1) is 22.7 Å². The number of methoxy groups -OCH3 is 2. The van der Waals surface area contributed by atoms with Crippen LogP contribution in [-0.4, -0.2) is 45.3 Å². The molecule has 8 nitrogen and oxygen atoms in total. The molecule has 0 bridgehead atoms. The first-order valence-electron chi connectivity index (χ1n) is 16.1. The van der Waals surface area contributed by atoms with Crippen LogP contribution < -0.4 is 0 Å². The van der Waals surface area contributed by atoms with Gasteiger partial charge in [0.2, 0.25) is 10.6 Å². The average Bonchev–Trinajstić information content (AvgIpc) is 3.48. The van der Waals surface area contributed by atoms with Crippen molar-refractivity contribution in [3.05, 3.63) is 58.1 Å². The molecule has 1 unspecified atom stereocenters. The van der Waals surface area contributed by atoms with E-state index in [2.05, 4.69) is 60.6 Å². The molecule has 4 aromatic rings. The quantitative estimate of drug-likeness (QED) is 0.201. The monoisotopic (exact) mass is 668 g/mol. The third-order valence-corrected chi connectivity index (χ3v) is 10.1. The van der Waals surface area contributed by atoms with E-state index in [4.69, 9.17) is 32.7 Å². The maximum Gasteiger partial charge on any atom is 0.337 e. The standard InChI is InChI=1S/2C18H23ClN2O2/c2*1-11-7-13(10-18(2,3)9-11)21-15-6-5-12(16(22)23-4)8-14(15)20-17(21)19/h2*5-6,8,11,13H,7,9-10H2,1-4H3/t11-,13?;11-,13+/m10/s1. The minimum atomic E-state index is -0.356. The number of halogens is 2. The number of benzene rings is 2. The number of imidazole rings is 2. The number of ether oxygens (including phenoxy) is 2. The van der Waals surface area contributed by atoms with Crippen molar-refractivity contribution >= 4 is 57.2 Å². The molecule has 2 aromatic heterocycles. The van der Waals surface area contributed by atoms with Gasteiger partial charge in [-0.2, -0.15) is 0 Å². The van der Waals surface area contributed by atoms with Crippen LogP contribution in [0.15, 0.2) is 36.4 Å². The summed E-state index contributed by atoms with van der Waals surface area (Å²) in [6, 6.07) is 11.6. The molecule has 2 aliphatic carbocycles. The lowest BCUT2D eigenvalue weighted by atomic mass is 9.70. The topological polar surface area (TPSA) is 88.2 Å². The van der Waals surface area contributed by atoms with Gasteiger partial charge in [-0.05, 0) is 121 Å². The van der Waals surface area contributed by atoms with E-state index in [0.29, 0.717) is 56.4 Å². The maximum atomic E-state index is 11.7. The summed E-state index contributed by atoms with van der Waals surface area (Å²) in [6.45, 7) is 13.9. The van der Waals surface area contributed by atoms with Crippen molar-refractivity contribution in [2.75, 3.05) is 14.2 Å². The Morgan fingerprint density at radius 3 is 1.39 bits per heavy atom. The summed E-state index contributed by atoms with van der Waals surface area (Å²) in [5.41, 5.74) is 5.05. The Morgan fingerprint density at radius 1 is 0.696 bits per heavy atom. The van der Waals surface area contributed by atoms with Crippen LogP contribution in [0.5, 0.6) is 0 Å². The number of carbonyl (C=O) groups is 2. The van der Waals surface area contributed by atoms with Crippen LogP contribution in [0.1, 0.15) is 113 Å². The van der Waals surface area contributed by atoms with E-state index in [1.54, 1.807) is 24.3 Å². The number of fused-ring (bicyclic) bond motifs is 2. The Kier molecular flexibility index (Phi) is 9.82. The molecule has 2 aromatic carbocycles. The summed E-state index contributed by atoms with van der Waals surface area (Å²) in [6.07, 6.45) is 6.85. The molecule has 2 aliphatic rings. The molecule has 6 rings (SSSR count). The van der Waals surface area contributed by atoms with Crippen molar-refractivity contribution in [1.29, 1.82) is 0 Å².